The second-order valence-corrected chi connectivity index (χ2v) is 11.9. The average molecular weight is 624 g/mol. The third-order valence-electron chi connectivity index (χ3n) is 6.26. The fourth-order valence-corrected chi connectivity index (χ4v) is 6.17. The van der Waals surface area contributed by atoms with E-state index >= 15 is 0 Å². The molecular weight excluding hydrogens is 592 g/mol. The van der Waals surface area contributed by atoms with Crippen molar-refractivity contribution in [3.05, 3.63) is 106 Å². The van der Waals surface area contributed by atoms with E-state index in [1.807, 2.05) is 58.0 Å². The number of rotatable bonds is 10. The number of ether oxygens (including phenoxy) is 1. The van der Waals surface area contributed by atoms with E-state index in [0.717, 1.165) is 37.0 Å². The minimum Gasteiger partial charge on any atom is -0.492 e. The highest BCUT2D eigenvalue weighted by Gasteiger charge is 2.29. The van der Waals surface area contributed by atoms with Gasteiger partial charge in [0.2, 0.25) is 0 Å². The van der Waals surface area contributed by atoms with Gasteiger partial charge in [-0.3, -0.25) is 9.10 Å². The van der Waals surface area contributed by atoms with E-state index in [0.29, 0.717) is 12.4 Å². The van der Waals surface area contributed by atoms with Crippen LogP contribution in [0.25, 0.3) is 5.69 Å². The van der Waals surface area contributed by atoms with Crippen LogP contribution in [0.3, 0.4) is 0 Å². The number of hydrazone groups is 1. The number of hydrogen-bond acceptors (Lipinski definition) is 5. The number of nitrogens with zero attached hydrogens (tertiary/aromatic N) is 3. The summed E-state index contributed by atoms with van der Waals surface area (Å²) < 4.78 is 37.2. The predicted molar refractivity (Wildman–Crippen MR) is 162 cm³/mol. The molecule has 0 bridgehead atoms. The number of aromatic nitrogens is 1. The third kappa shape index (κ3) is 6.46. The molecule has 10 heteroatoms. The lowest BCUT2D eigenvalue weighted by Crippen LogP contribution is -2.39. The summed E-state index contributed by atoms with van der Waals surface area (Å²) in [5.41, 5.74) is 7.45. The topological polar surface area (TPSA) is 93.0 Å². The van der Waals surface area contributed by atoms with Gasteiger partial charge in [-0.2, -0.15) is 5.10 Å². The van der Waals surface area contributed by atoms with Crippen LogP contribution in [0.2, 0.25) is 0 Å². The first-order chi connectivity index (χ1) is 19.1. The van der Waals surface area contributed by atoms with E-state index in [-0.39, 0.29) is 10.6 Å². The van der Waals surface area contributed by atoms with E-state index in [1.165, 1.54) is 12.1 Å². The van der Waals surface area contributed by atoms with Crippen LogP contribution in [0.15, 0.2) is 93.3 Å². The zero-order valence-electron chi connectivity index (χ0n) is 22.8. The highest BCUT2D eigenvalue weighted by atomic mass is 79.9. The molecule has 8 nitrogen and oxygen atoms in total. The molecule has 0 aliphatic carbocycles. The Morgan fingerprint density at radius 3 is 2.45 bits per heavy atom. The summed E-state index contributed by atoms with van der Waals surface area (Å²) in [5, 5.41) is 4.14. The number of carbonyl (C=O) groups excluding carboxylic acids is 1. The number of sulfonamides is 1. The molecule has 208 valence electrons. The zero-order valence-corrected chi connectivity index (χ0v) is 25.2. The minimum absolute atomic E-state index is 0.0701. The van der Waals surface area contributed by atoms with Crippen LogP contribution in [0, 0.1) is 20.8 Å². The number of aryl methyl sites for hydroxylation is 2. The summed E-state index contributed by atoms with van der Waals surface area (Å²) in [6.45, 7) is 7.49. The molecule has 0 aliphatic rings. The molecule has 1 amide bonds. The molecule has 0 aliphatic heterocycles. The maximum Gasteiger partial charge on any atom is 0.264 e. The van der Waals surface area contributed by atoms with Gasteiger partial charge in [0.25, 0.3) is 15.9 Å². The number of halogens is 1. The van der Waals surface area contributed by atoms with Gasteiger partial charge < -0.3 is 9.30 Å². The maximum absolute atomic E-state index is 13.7. The van der Waals surface area contributed by atoms with Gasteiger partial charge in [0.05, 0.1) is 23.4 Å². The summed E-state index contributed by atoms with van der Waals surface area (Å²) in [7, 11) is -4.09. The molecule has 4 aromatic rings. The number of hydrogen-bond donors (Lipinski definition) is 1. The lowest BCUT2D eigenvalue weighted by molar-refractivity contribution is -0.119. The Kier molecular flexibility index (Phi) is 9.11. The molecule has 1 aromatic heterocycles. The van der Waals surface area contributed by atoms with E-state index in [2.05, 4.69) is 31.0 Å². The highest BCUT2D eigenvalue weighted by molar-refractivity contribution is 9.10. The van der Waals surface area contributed by atoms with E-state index in [9.17, 15) is 13.2 Å². The smallest absolute Gasteiger partial charge is 0.264 e. The van der Waals surface area contributed by atoms with Crippen LogP contribution < -0.4 is 14.5 Å². The summed E-state index contributed by atoms with van der Waals surface area (Å²) in [4.78, 5) is 13.1. The predicted octanol–water partition coefficient (Wildman–Crippen LogP) is 5.91. The van der Waals surface area contributed by atoms with Crippen LogP contribution in [0.4, 0.5) is 5.69 Å². The molecule has 0 saturated heterocycles. The van der Waals surface area contributed by atoms with Crippen molar-refractivity contribution in [2.45, 2.75) is 32.6 Å². The lowest BCUT2D eigenvalue weighted by Gasteiger charge is -2.25. The lowest BCUT2D eigenvalue weighted by atomic mass is 10.2. The fourth-order valence-electron chi connectivity index (χ4n) is 4.35. The van der Waals surface area contributed by atoms with Crippen LogP contribution >= 0.6 is 15.9 Å². The third-order valence-corrected chi connectivity index (χ3v) is 8.53. The first-order valence-corrected chi connectivity index (χ1v) is 14.9. The second-order valence-electron chi connectivity index (χ2n) is 9.16. The summed E-state index contributed by atoms with van der Waals surface area (Å²) >= 11 is 3.51. The van der Waals surface area contributed by atoms with Crippen molar-refractivity contribution in [2.24, 2.45) is 5.10 Å². The van der Waals surface area contributed by atoms with Gasteiger partial charge in [-0.25, -0.2) is 13.8 Å². The number of para-hydroxylation sites is 2. The van der Waals surface area contributed by atoms with E-state index in [4.69, 9.17) is 4.74 Å². The largest absolute Gasteiger partial charge is 0.492 e. The number of nitrogens with one attached hydrogen (secondary N) is 1. The van der Waals surface area contributed by atoms with Crippen molar-refractivity contribution < 1.29 is 17.9 Å². The van der Waals surface area contributed by atoms with Gasteiger partial charge in [-0.15, -0.1) is 0 Å². The molecule has 0 saturated carbocycles. The molecule has 0 atom stereocenters. The monoisotopic (exact) mass is 622 g/mol. The molecule has 40 heavy (non-hydrogen) atoms. The van der Waals surface area contributed by atoms with Crippen LogP contribution in [0.1, 0.15) is 29.4 Å². The molecule has 4 rings (SSSR count). The van der Waals surface area contributed by atoms with Gasteiger partial charge >= 0.3 is 0 Å². The number of amides is 1. The van der Waals surface area contributed by atoms with Crippen molar-refractivity contribution in [3.63, 3.8) is 0 Å². The Bertz CT molecular complexity index is 1650. The Labute approximate surface area is 243 Å². The van der Waals surface area contributed by atoms with Gasteiger partial charge in [0.1, 0.15) is 12.3 Å². The van der Waals surface area contributed by atoms with Gasteiger partial charge in [-0.05, 0) is 76.2 Å². The first-order valence-electron chi connectivity index (χ1n) is 12.7. The molecule has 1 heterocycles. The second kappa shape index (κ2) is 12.5. The zero-order chi connectivity index (χ0) is 28.9. The number of benzene rings is 3. The summed E-state index contributed by atoms with van der Waals surface area (Å²) in [6, 6.07) is 23.2. The normalized spacial score (nSPS) is 11.5. The van der Waals surface area contributed by atoms with Crippen LogP contribution in [0.5, 0.6) is 5.75 Å². The number of carbonyl (C=O) groups is 1. The Balaban J connectivity index is 1.59. The van der Waals surface area contributed by atoms with Gasteiger partial charge in [-0.1, -0.05) is 51.8 Å². The van der Waals surface area contributed by atoms with Crippen molar-refractivity contribution in [1.82, 2.24) is 9.99 Å². The molecule has 0 spiro atoms. The standard InChI is InChI=1S/C30H31BrN4O4S/c1-5-39-29-12-7-6-11-28(29)34(40(37,38)27-15-13-21(2)14-16-27)20-30(36)33-32-19-24-17-22(3)35(23(24)4)26-10-8-9-25(31)18-26/h6-19H,5,20H2,1-4H3,(H,33,36)/b32-19-. The molecule has 0 unspecified atom stereocenters. The van der Waals surface area contributed by atoms with E-state index in [1.54, 1.807) is 42.6 Å². The molecule has 1 N–H and O–H groups in total. The molecule has 0 radical (unpaired) electrons. The SMILES string of the molecule is CCOc1ccccc1N(CC(=O)N/N=C\c1cc(C)n(-c2cccc(Br)c2)c1C)S(=O)(=O)c1ccc(C)cc1. The Morgan fingerprint density at radius 2 is 1.75 bits per heavy atom. The maximum atomic E-state index is 13.7. The fraction of sp³-hybridized carbons (Fsp3) is 0.200. The van der Waals surface area contributed by atoms with Crippen LogP contribution in [-0.2, 0) is 14.8 Å². The summed E-state index contributed by atoms with van der Waals surface area (Å²) in [5.74, 6) is -0.240. The van der Waals surface area contributed by atoms with Crippen LogP contribution in [-0.4, -0.2) is 38.3 Å². The molecule has 3 aromatic carbocycles. The highest BCUT2D eigenvalue weighted by Crippen LogP contribution is 2.32. The van der Waals surface area contributed by atoms with Crippen molar-refractivity contribution in [1.29, 1.82) is 0 Å². The van der Waals surface area contributed by atoms with Crippen molar-refractivity contribution in [3.8, 4) is 11.4 Å². The Morgan fingerprint density at radius 1 is 1.02 bits per heavy atom. The molecule has 0 fully saturated rings. The quantitative estimate of drug-likeness (QED) is 0.176. The van der Waals surface area contributed by atoms with Gasteiger partial charge in [0, 0.05) is 27.1 Å². The Hall–Kier alpha value is -3.89. The number of anilines is 1. The molecular formula is C30H31BrN4O4S. The van der Waals surface area contributed by atoms with E-state index < -0.39 is 22.5 Å². The minimum atomic E-state index is -4.09. The van der Waals surface area contributed by atoms with Crippen molar-refractivity contribution in [2.75, 3.05) is 17.5 Å². The summed E-state index contributed by atoms with van der Waals surface area (Å²) in [6.07, 6.45) is 1.56. The van der Waals surface area contributed by atoms with Gasteiger partial charge in [0.15, 0.2) is 0 Å². The first kappa shape index (κ1) is 29.1. The average Bonchev–Trinajstić information content (AvgIpc) is 3.20. The van der Waals surface area contributed by atoms with Crippen molar-refractivity contribution >= 4 is 43.8 Å².